The van der Waals surface area contributed by atoms with E-state index in [2.05, 4.69) is 47.5 Å². The van der Waals surface area contributed by atoms with Gasteiger partial charge in [0.1, 0.15) is 0 Å². The highest BCUT2D eigenvalue weighted by Crippen LogP contribution is 1.99. The number of nitrogens with one attached hydrogen (secondary N) is 1. The van der Waals surface area contributed by atoms with Gasteiger partial charge in [-0.25, -0.2) is 0 Å². The van der Waals surface area contributed by atoms with E-state index in [0.717, 1.165) is 38.6 Å². The molecule has 4 heteroatoms. The highest BCUT2D eigenvalue weighted by atomic mass is 32.2. The minimum atomic E-state index is 0.883. The number of hydrogen-bond donors (Lipinski definition) is 1. The van der Waals surface area contributed by atoms with Crippen LogP contribution in [0.5, 0.6) is 0 Å². The topological polar surface area (TPSA) is 27.6 Å². The van der Waals surface area contributed by atoms with Crippen LogP contribution in [0, 0.1) is 0 Å². The van der Waals surface area contributed by atoms with E-state index >= 15 is 0 Å². The van der Waals surface area contributed by atoms with Crippen molar-refractivity contribution in [3.8, 4) is 0 Å². The Morgan fingerprint density at radius 2 is 2.16 bits per heavy atom. The fourth-order valence-electron chi connectivity index (χ4n) is 1.59. The number of allylic oxidation sites excluding steroid dienone is 3. The van der Waals surface area contributed by atoms with Crippen LogP contribution in [-0.2, 0) is 0 Å². The molecule has 0 spiro atoms. The molecular weight excluding hydrogens is 254 g/mol. The Morgan fingerprint density at radius 1 is 1.37 bits per heavy atom. The summed E-state index contributed by atoms with van der Waals surface area (Å²) in [5, 5.41) is 3.37. The fourth-order valence-corrected chi connectivity index (χ4v) is 2.14. The standard InChI is InChI=1S/C15H29N3S/c1-5-7-8-9-10-11-17-15(3)12-18(14-19-4)13-16-6-2/h5,7-9,16H,6,10-14H2,1-4H3. The summed E-state index contributed by atoms with van der Waals surface area (Å²) < 4.78 is 0. The lowest BCUT2D eigenvalue weighted by molar-refractivity contribution is 0.336. The predicted molar refractivity (Wildman–Crippen MR) is 90.2 cm³/mol. The van der Waals surface area contributed by atoms with Crippen LogP contribution >= 0.6 is 11.8 Å². The average Bonchev–Trinajstić information content (AvgIpc) is 2.40. The number of thioether (sulfide) groups is 1. The minimum absolute atomic E-state index is 0.883. The van der Waals surface area contributed by atoms with Crippen LogP contribution in [0.15, 0.2) is 29.3 Å². The van der Waals surface area contributed by atoms with Gasteiger partial charge in [-0.15, -0.1) is 11.8 Å². The smallest absolute Gasteiger partial charge is 0.0492 e. The van der Waals surface area contributed by atoms with Crippen molar-refractivity contribution >= 4 is 17.5 Å². The van der Waals surface area contributed by atoms with Crippen molar-refractivity contribution in [2.24, 2.45) is 4.99 Å². The largest absolute Gasteiger partial charge is 0.305 e. The Bertz CT molecular complexity index is 285. The highest BCUT2D eigenvalue weighted by Gasteiger charge is 2.04. The summed E-state index contributed by atoms with van der Waals surface area (Å²) in [6.45, 7) is 10.1. The molecule has 0 atom stereocenters. The van der Waals surface area contributed by atoms with E-state index in [9.17, 15) is 0 Å². The molecule has 0 unspecified atom stereocenters. The predicted octanol–water partition coefficient (Wildman–Crippen LogP) is 3.16. The molecule has 0 saturated heterocycles. The third-order valence-electron chi connectivity index (χ3n) is 2.47. The lowest BCUT2D eigenvalue weighted by Crippen LogP contribution is -2.37. The molecule has 0 radical (unpaired) electrons. The van der Waals surface area contributed by atoms with Crippen molar-refractivity contribution in [3.63, 3.8) is 0 Å². The zero-order valence-electron chi connectivity index (χ0n) is 12.9. The maximum absolute atomic E-state index is 4.61. The van der Waals surface area contributed by atoms with Crippen molar-refractivity contribution in [3.05, 3.63) is 24.3 Å². The number of aliphatic imine (C=N–C) groups is 1. The Kier molecular flexibility index (Phi) is 13.4. The molecule has 110 valence electrons. The van der Waals surface area contributed by atoms with Crippen LogP contribution < -0.4 is 5.32 Å². The first-order valence-corrected chi connectivity index (χ1v) is 8.33. The Balaban J connectivity index is 3.97. The maximum atomic E-state index is 4.61. The number of nitrogens with zero attached hydrogens (tertiary/aromatic N) is 2. The van der Waals surface area contributed by atoms with Gasteiger partial charge in [0.15, 0.2) is 0 Å². The lowest BCUT2D eigenvalue weighted by Gasteiger charge is -2.21. The molecule has 0 aliphatic carbocycles. The third kappa shape index (κ3) is 12.2. The first-order chi connectivity index (χ1) is 9.24. The second-order valence-corrected chi connectivity index (χ2v) is 5.20. The quantitative estimate of drug-likeness (QED) is 0.273. The summed E-state index contributed by atoms with van der Waals surface area (Å²) in [5.41, 5.74) is 1.21. The van der Waals surface area contributed by atoms with Crippen LogP contribution in [0.4, 0.5) is 0 Å². The van der Waals surface area contributed by atoms with E-state index in [1.165, 1.54) is 5.71 Å². The van der Waals surface area contributed by atoms with Crippen LogP contribution in [-0.4, -0.2) is 49.0 Å². The molecule has 0 saturated carbocycles. The molecule has 1 N–H and O–H groups in total. The monoisotopic (exact) mass is 283 g/mol. The molecule has 19 heavy (non-hydrogen) atoms. The van der Waals surface area contributed by atoms with Crippen molar-refractivity contribution < 1.29 is 0 Å². The molecule has 0 heterocycles. The van der Waals surface area contributed by atoms with Crippen molar-refractivity contribution in [1.82, 2.24) is 10.2 Å². The van der Waals surface area contributed by atoms with E-state index in [0.29, 0.717) is 0 Å². The van der Waals surface area contributed by atoms with Crippen LogP contribution in [0.2, 0.25) is 0 Å². The summed E-state index contributed by atoms with van der Waals surface area (Å²) in [6.07, 6.45) is 11.5. The molecule has 0 rings (SSSR count). The first-order valence-electron chi connectivity index (χ1n) is 6.94. The molecule has 0 aromatic heterocycles. The van der Waals surface area contributed by atoms with Crippen molar-refractivity contribution in [2.75, 3.05) is 38.4 Å². The molecule has 0 bridgehead atoms. The average molecular weight is 283 g/mol. The van der Waals surface area contributed by atoms with Crippen LogP contribution in [0.25, 0.3) is 0 Å². The summed E-state index contributed by atoms with van der Waals surface area (Å²) in [6, 6.07) is 0. The normalized spacial score (nSPS) is 13.2. The summed E-state index contributed by atoms with van der Waals surface area (Å²) in [5.74, 6) is 1.04. The fraction of sp³-hybridized carbons (Fsp3) is 0.667. The van der Waals surface area contributed by atoms with Gasteiger partial charge in [0, 0.05) is 31.3 Å². The van der Waals surface area contributed by atoms with Gasteiger partial charge in [-0.2, -0.15) is 0 Å². The highest BCUT2D eigenvalue weighted by molar-refractivity contribution is 7.98. The van der Waals surface area contributed by atoms with Crippen LogP contribution in [0.1, 0.15) is 27.2 Å². The molecule has 0 aromatic rings. The maximum Gasteiger partial charge on any atom is 0.0492 e. The zero-order chi connectivity index (χ0) is 14.3. The van der Waals surface area contributed by atoms with Gasteiger partial charge in [-0.1, -0.05) is 31.2 Å². The van der Waals surface area contributed by atoms with E-state index in [4.69, 9.17) is 0 Å². The summed E-state index contributed by atoms with van der Waals surface area (Å²) >= 11 is 1.85. The van der Waals surface area contributed by atoms with Gasteiger partial charge >= 0.3 is 0 Å². The molecule has 0 aliphatic heterocycles. The van der Waals surface area contributed by atoms with Crippen molar-refractivity contribution in [2.45, 2.75) is 27.2 Å². The van der Waals surface area contributed by atoms with Gasteiger partial charge in [0.2, 0.25) is 0 Å². The van der Waals surface area contributed by atoms with Gasteiger partial charge in [0.25, 0.3) is 0 Å². The van der Waals surface area contributed by atoms with Crippen molar-refractivity contribution in [1.29, 1.82) is 0 Å². The van der Waals surface area contributed by atoms with Gasteiger partial charge < -0.3 is 5.32 Å². The SMILES string of the molecule is CC=CC=CCCN=C(C)CN(CNCC)CSC. The Morgan fingerprint density at radius 3 is 2.79 bits per heavy atom. The van der Waals surface area contributed by atoms with Gasteiger partial charge in [-0.05, 0) is 33.1 Å². The zero-order valence-corrected chi connectivity index (χ0v) is 13.7. The number of hydrogen-bond acceptors (Lipinski definition) is 4. The van der Waals surface area contributed by atoms with E-state index in [-0.39, 0.29) is 0 Å². The second-order valence-electron chi connectivity index (χ2n) is 4.37. The molecule has 0 fully saturated rings. The lowest BCUT2D eigenvalue weighted by atomic mass is 10.3. The second kappa shape index (κ2) is 13.8. The molecule has 3 nitrogen and oxygen atoms in total. The van der Waals surface area contributed by atoms with E-state index < -0.39 is 0 Å². The van der Waals surface area contributed by atoms with Gasteiger partial charge in [0.05, 0.1) is 0 Å². The molecule has 0 aromatic carbocycles. The van der Waals surface area contributed by atoms with E-state index in [1.54, 1.807) is 0 Å². The third-order valence-corrected chi connectivity index (χ3v) is 3.09. The Hall–Kier alpha value is -0.580. The molecular formula is C15H29N3S. The van der Waals surface area contributed by atoms with Gasteiger partial charge in [-0.3, -0.25) is 9.89 Å². The minimum Gasteiger partial charge on any atom is -0.305 e. The summed E-state index contributed by atoms with van der Waals surface area (Å²) in [4.78, 5) is 6.99. The number of rotatable bonds is 11. The van der Waals surface area contributed by atoms with Crippen LogP contribution in [0.3, 0.4) is 0 Å². The Labute approximate surface area is 123 Å². The first kappa shape index (κ1) is 18.4. The molecule has 0 aliphatic rings. The molecule has 0 amide bonds. The van der Waals surface area contributed by atoms with E-state index in [1.807, 2.05) is 30.8 Å². The summed E-state index contributed by atoms with van der Waals surface area (Å²) in [7, 11) is 0.